The summed E-state index contributed by atoms with van der Waals surface area (Å²) in [5.74, 6) is 0.612. The zero-order valence-electron chi connectivity index (χ0n) is 19.3. The third-order valence-electron chi connectivity index (χ3n) is 4.98. The maximum absolute atomic E-state index is 13.1. The Hall–Kier alpha value is -2.88. The molecular weight excluding hydrogens is 444 g/mol. The largest absolute Gasteiger partial charge is 0.496 e. The van der Waals surface area contributed by atoms with Gasteiger partial charge in [0, 0.05) is 24.7 Å². The standard InChI is InChI=1S/C24H30N2O6S/c1-17(2)32-23-9-7-20(33(28,29)26-11-13-31-14-12-26)16-21(23)25-24(27)10-6-19-15-18(3)5-8-22(19)30-4/h5-10,15-17H,11-14H2,1-4H3,(H,25,27)/b10-6+. The summed E-state index contributed by atoms with van der Waals surface area (Å²) in [6.45, 7) is 6.94. The van der Waals surface area contributed by atoms with Crippen LogP contribution in [0.15, 0.2) is 47.4 Å². The van der Waals surface area contributed by atoms with Gasteiger partial charge in [0.1, 0.15) is 11.5 Å². The number of morpholine rings is 1. The van der Waals surface area contributed by atoms with Gasteiger partial charge in [-0.1, -0.05) is 11.6 Å². The third kappa shape index (κ3) is 6.34. The molecule has 0 aliphatic carbocycles. The molecule has 0 aromatic heterocycles. The Morgan fingerprint density at radius 3 is 2.48 bits per heavy atom. The van der Waals surface area contributed by atoms with E-state index in [1.54, 1.807) is 19.3 Å². The number of hydrogen-bond donors (Lipinski definition) is 1. The molecule has 1 aliphatic rings. The summed E-state index contributed by atoms with van der Waals surface area (Å²) < 4.78 is 43.9. The van der Waals surface area contributed by atoms with Gasteiger partial charge in [0.2, 0.25) is 15.9 Å². The molecule has 0 atom stereocenters. The number of amides is 1. The molecule has 1 N–H and O–H groups in total. The lowest BCUT2D eigenvalue weighted by Gasteiger charge is -2.26. The molecule has 0 saturated carbocycles. The second-order valence-corrected chi connectivity index (χ2v) is 9.85. The molecule has 1 fully saturated rings. The van der Waals surface area contributed by atoms with Gasteiger partial charge in [-0.25, -0.2) is 8.42 Å². The summed E-state index contributed by atoms with van der Waals surface area (Å²) in [7, 11) is -2.16. The number of anilines is 1. The van der Waals surface area contributed by atoms with Gasteiger partial charge in [-0.15, -0.1) is 0 Å². The van der Waals surface area contributed by atoms with Crippen molar-refractivity contribution >= 4 is 27.7 Å². The lowest BCUT2D eigenvalue weighted by atomic mass is 10.1. The number of carbonyl (C=O) groups is 1. The van der Waals surface area contributed by atoms with Crippen LogP contribution in [0.25, 0.3) is 6.08 Å². The number of hydrogen-bond acceptors (Lipinski definition) is 6. The number of carbonyl (C=O) groups excluding carboxylic acids is 1. The van der Waals surface area contributed by atoms with Gasteiger partial charge >= 0.3 is 0 Å². The highest BCUT2D eigenvalue weighted by Crippen LogP contribution is 2.30. The van der Waals surface area contributed by atoms with Crippen LogP contribution in [0.2, 0.25) is 0 Å². The molecule has 1 heterocycles. The molecule has 0 spiro atoms. The zero-order chi connectivity index (χ0) is 24.0. The lowest BCUT2D eigenvalue weighted by molar-refractivity contribution is -0.111. The van der Waals surface area contributed by atoms with Crippen molar-refractivity contribution < 1.29 is 27.4 Å². The van der Waals surface area contributed by atoms with Crippen LogP contribution in [0.3, 0.4) is 0 Å². The minimum absolute atomic E-state index is 0.0835. The Morgan fingerprint density at radius 2 is 1.82 bits per heavy atom. The van der Waals surface area contributed by atoms with E-state index < -0.39 is 15.9 Å². The monoisotopic (exact) mass is 474 g/mol. The van der Waals surface area contributed by atoms with Crippen molar-refractivity contribution in [3.05, 3.63) is 53.6 Å². The topological polar surface area (TPSA) is 94.2 Å². The number of aryl methyl sites for hydroxylation is 1. The normalized spacial score (nSPS) is 15.1. The van der Waals surface area contributed by atoms with E-state index in [0.29, 0.717) is 24.7 Å². The number of nitrogens with one attached hydrogen (secondary N) is 1. The third-order valence-corrected chi connectivity index (χ3v) is 6.87. The van der Waals surface area contributed by atoms with E-state index in [2.05, 4.69) is 5.32 Å². The number of nitrogens with zero attached hydrogens (tertiary/aromatic N) is 1. The molecule has 8 nitrogen and oxygen atoms in total. The van der Waals surface area contributed by atoms with Gasteiger partial charge in [0.25, 0.3) is 0 Å². The Labute approximate surface area is 195 Å². The summed E-state index contributed by atoms with van der Waals surface area (Å²) in [4.78, 5) is 12.8. The van der Waals surface area contributed by atoms with Gasteiger partial charge < -0.3 is 19.5 Å². The van der Waals surface area contributed by atoms with Crippen LogP contribution >= 0.6 is 0 Å². The number of benzene rings is 2. The molecule has 1 amide bonds. The maximum Gasteiger partial charge on any atom is 0.248 e. The van der Waals surface area contributed by atoms with Gasteiger partial charge in [-0.2, -0.15) is 4.31 Å². The summed E-state index contributed by atoms with van der Waals surface area (Å²) >= 11 is 0. The van der Waals surface area contributed by atoms with Crippen LogP contribution in [0, 0.1) is 6.92 Å². The smallest absolute Gasteiger partial charge is 0.248 e. The molecule has 3 rings (SSSR count). The van der Waals surface area contributed by atoms with E-state index in [1.165, 1.54) is 22.5 Å². The minimum Gasteiger partial charge on any atom is -0.496 e. The highest BCUT2D eigenvalue weighted by molar-refractivity contribution is 7.89. The molecule has 0 radical (unpaired) electrons. The Bertz CT molecular complexity index is 1120. The molecule has 1 aliphatic heterocycles. The second kappa shape index (κ2) is 10.8. The minimum atomic E-state index is -3.72. The first kappa shape index (κ1) is 24.8. The van der Waals surface area contributed by atoms with E-state index in [9.17, 15) is 13.2 Å². The van der Waals surface area contributed by atoms with E-state index in [1.807, 2.05) is 39.0 Å². The van der Waals surface area contributed by atoms with Crippen molar-refractivity contribution in [1.82, 2.24) is 4.31 Å². The number of methoxy groups -OCH3 is 1. The predicted octanol–water partition coefficient (Wildman–Crippen LogP) is 3.46. The van der Waals surface area contributed by atoms with Crippen molar-refractivity contribution in [2.45, 2.75) is 31.8 Å². The molecular formula is C24H30N2O6S. The first-order valence-electron chi connectivity index (χ1n) is 10.7. The SMILES string of the molecule is COc1ccc(C)cc1/C=C/C(=O)Nc1cc(S(=O)(=O)N2CCOCC2)ccc1OC(C)C. The molecule has 2 aromatic carbocycles. The summed E-state index contributed by atoms with van der Waals surface area (Å²) in [6, 6.07) is 10.2. The summed E-state index contributed by atoms with van der Waals surface area (Å²) in [5.41, 5.74) is 2.07. The number of rotatable bonds is 8. The predicted molar refractivity (Wildman–Crippen MR) is 127 cm³/mol. The molecule has 9 heteroatoms. The van der Waals surface area contributed by atoms with Crippen molar-refractivity contribution in [2.75, 3.05) is 38.7 Å². The van der Waals surface area contributed by atoms with E-state index >= 15 is 0 Å². The van der Waals surface area contributed by atoms with Crippen LogP contribution in [-0.2, 0) is 19.6 Å². The fourth-order valence-electron chi connectivity index (χ4n) is 3.38. The van der Waals surface area contributed by atoms with Crippen molar-refractivity contribution in [1.29, 1.82) is 0 Å². The first-order chi connectivity index (χ1) is 15.7. The molecule has 178 valence electrons. The van der Waals surface area contributed by atoms with Crippen LogP contribution in [0.1, 0.15) is 25.0 Å². The number of ether oxygens (including phenoxy) is 3. The van der Waals surface area contributed by atoms with Crippen molar-refractivity contribution in [3.63, 3.8) is 0 Å². The first-order valence-corrected chi connectivity index (χ1v) is 12.2. The van der Waals surface area contributed by atoms with Crippen LogP contribution in [0.5, 0.6) is 11.5 Å². The van der Waals surface area contributed by atoms with Crippen LogP contribution in [0.4, 0.5) is 5.69 Å². The van der Waals surface area contributed by atoms with Gasteiger partial charge in [-0.3, -0.25) is 4.79 Å². The summed E-state index contributed by atoms with van der Waals surface area (Å²) in [6.07, 6.45) is 2.87. The Morgan fingerprint density at radius 1 is 1.12 bits per heavy atom. The van der Waals surface area contributed by atoms with E-state index in [-0.39, 0.29) is 29.8 Å². The number of sulfonamides is 1. The lowest BCUT2D eigenvalue weighted by Crippen LogP contribution is -2.40. The van der Waals surface area contributed by atoms with E-state index in [0.717, 1.165) is 11.1 Å². The second-order valence-electron chi connectivity index (χ2n) is 7.91. The summed E-state index contributed by atoms with van der Waals surface area (Å²) in [5, 5.41) is 2.75. The fourth-order valence-corrected chi connectivity index (χ4v) is 4.82. The zero-order valence-corrected chi connectivity index (χ0v) is 20.1. The quantitative estimate of drug-likeness (QED) is 0.589. The maximum atomic E-state index is 13.1. The highest BCUT2D eigenvalue weighted by atomic mass is 32.2. The molecule has 0 bridgehead atoms. The van der Waals surface area contributed by atoms with Gasteiger partial charge in [0.05, 0.1) is 37.0 Å². The van der Waals surface area contributed by atoms with Crippen molar-refractivity contribution in [3.8, 4) is 11.5 Å². The Kier molecular flexibility index (Phi) is 8.12. The van der Waals surface area contributed by atoms with Crippen LogP contribution in [-0.4, -0.2) is 58.1 Å². The van der Waals surface area contributed by atoms with Gasteiger partial charge in [0.15, 0.2) is 0 Å². The fraction of sp³-hybridized carbons (Fsp3) is 0.375. The van der Waals surface area contributed by atoms with Crippen LogP contribution < -0.4 is 14.8 Å². The average molecular weight is 475 g/mol. The Balaban J connectivity index is 1.87. The molecule has 33 heavy (non-hydrogen) atoms. The van der Waals surface area contributed by atoms with Crippen molar-refractivity contribution in [2.24, 2.45) is 0 Å². The van der Waals surface area contributed by atoms with Gasteiger partial charge in [-0.05, 0) is 57.2 Å². The average Bonchev–Trinajstić information content (AvgIpc) is 2.79. The molecule has 2 aromatic rings. The molecule has 1 saturated heterocycles. The highest BCUT2D eigenvalue weighted by Gasteiger charge is 2.27. The molecule has 0 unspecified atom stereocenters. The van der Waals surface area contributed by atoms with E-state index in [4.69, 9.17) is 14.2 Å².